The van der Waals surface area contributed by atoms with Crippen LogP contribution in [0.3, 0.4) is 0 Å². The van der Waals surface area contributed by atoms with Crippen molar-refractivity contribution in [2.75, 3.05) is 11.9 Å². The van der Waals surface area contributed by atoms with Gasteiger partial charge in [-0.05, 0) is 12.1 Å². The van der Waals surface area contributed by atoms with E-state index in [1.165, 1.54) is 0 Å². The average molecular weight is 305 g/mol. The van der Waals surface area contributed by atoms with Gasteiger partial charge >= 0.3 is 0 Å². The summed E-state index contributed by atoms with van der Waals surface area (Å²) < 4.78 is 7.51. The van der Waals surface area contributed by atoms with Gasteiger partial charge in [-0.25, -0.2) is 4.98 Å². The van der Waals surface area contributed by atoms with E-state index in [0.29, 0.717) is 11.4 Å². The lowest BCUT2D eigenvalue weighted by molar-refractivity contribution is -0.118. The predicted molar refractivity (Wildman–Crippen MR) is 88.2 cm³/mol. The molecular formula is C18H15N3O2. The van der Waals surface area contributed by atoms with Crippen molar-refractivity contribution in [2.45, 2.75) is 0 Å². The second kappa shape index (κ2) is 5.28. The Morgan fingerprint density at radius 1 is 1.13 bits per heavy atom. The summed E-state index contributed by atoms with van der Waals surface area (Å²) in [6, 6.07) is 15.8. The molecule has 1 aliphatic heterocycles. The largest absolute Gasteiger partial charge is 0.482 e. The van der Waals surface area contributed by atoms with Gasteiger partial charge in [-0.1, -0.05) is 36.4 Å². The lowest BCUT2D eigenvalue weighted by atomic mass is 10.0. The number of carbonyl (C=O) groups is 1. The van der Waals surface area contributed by atoms with Crippen LogP contribution in [0.25, 0.3) is 22.5 Å². The van der Waals surface area contributed by atoms with E-state index in [-0.39, 0.29) is 12.5 Å². The van der Waals surface area contributed by atoms with E-state index in [2.05, 4.69) is 10.3 Å². The molecule has 1 amide bonds. The molecule has 3 aromatic rings. The minimum atomic E-state index is -0.129. The van der Waals surface area contributed by atoms with Crippen LogP contribution in [-0.2, 0) is 11.8 Å². The summed E-state index contributed by atoms with van der Waals surface area (Å²) in [5.74, 6) is 0.554. The van der Waals surface area contributed by atoms with Gasteiger partial charge in [-0.2, -0.15) is 0 Å². The summed E-state index contributed by atoms with van der Waals surface area (Å²) in [6.07, 6.45) is 1.81. The highest BCUT2D eigenvalue weighted by Gasteiger charge is 2.19. The van der Waals surface area contributed by atoms with Gasteiger partial charge in [0.25, 0.3) is 5.91 Å². The van der Waals surface area contributed by atoms with Gasteiger partial charge in [0.15, 0.2) is 6.61 Å². The van der Waals surface area contributed by atoms with Crippen molar-refractivity contribution >= 4 is 11.6 Å². The Kier molecular flexibility index (Phi) is 3.12. The molecule has 0 saturated heterocycles. The van der Waals surface area contributed by atoms with Crippen LogP contribution in [0, 0.1) is 0 Å². The zero-order chi connectivity index (χ0) is 15.8. The van der Waals surface area contributed by atoms with Crippen molar-refractivity contribution in [3.8, 4) is 28.3 Å². The Hall–Kier alpha value is -3.08. The third kappa shape index (κ3) is 2.36. The molecule has 4 rings (SSSR count). The van der Waals surface area contributed by atoms with Crippen molar-refractivity contribution in [1.82, 2.24) is 9.55 Å². The van der Waals surface area contributed by atoms with Crippen LogP contribution in [0.15, 0.2) is 54.9 Å². The van der Waals surface area contributed by atoms with Gasteiger partial charge in [0.1, 0.15) is 5.75 Å². The Morgan fingerprint density at radius 3 is 2.78 bits per heavy atom. The molecule has 2 heterocycles. The van der Waals surface area contributed by atoms with E-state index in [9.17, 15) is 4.79 Å². The standard InChI is InChI=1S/C18H15N3O2/c1-21-11-19-17(12-5-3-2-4-6-12)18(21)13-7-8-14-15(9-13)23-10-16(22)20-14/h2-9,11H,10H2,1H3,(H,20,22). The molecule has 0 atom stereocenters. The Balaban J connectivity index is 1.83. The number of rotatable bonds is 2. The summed E-state index contributed by atoms with van der Waals surface area (Å²) in [5, 5.41) is 2.81. The molecular weight excluding hydrogens is 290 g/mol. The van der Waals surface area contributed by atoms with E-state index in [4.69, 9.17) is 4.74 Å². The lowest BCUT2D eigenvalue weighted by Gasteiger charge is -2.19. The molecule has 2 aromatic carbocycles. The summed E-state index contributed by atoms with van der Waals surface area (Å²) in [5.41, 5.74) is 4.70. The molecule has 0 saturated carbocycles. The molecule has 1 N–H and O–H groups in total. The highest BCUT2D eigenvalue weighted by Crippen LogP contribution is 2.36. The van der Waals surface area contributed by atoms with Crippen LogP contribution in [0.1, 0.15) is 0 Å². The van der Waals surface area contributed by atoms with Crippen LogP contribution < -0.4 is 10.1 Å². The average Bonchev–Trinajstić information content (AvgIpc) is 2.97. The van der Waals surface area contributed by atoms with E-state index >= 15 is 0 Å². The molecule has 0 bridgehead atoms. The summed E-state index contributed by atoms with van der Waals surface area (Å²) >= 11 is 0. The first-order valence-corrected chi connectivity index (χ1v) is 7.36. The fraction of sp³-hybridized carbons (Fsp3) is 0.111. The number of imidazole rings is 1. The molecule has 114 valence electrons. The number of fused-ring (bicyclic) bond motifs is 1. The number of hydrogen-bond acceptors (Lipinski definition) is 3. The first kappa shape index (κ1) is 13.6. The second-order valence-corrected chi connectivity index (χ2v) is 5.47. The highest BCUT2D eigenvalue weighted by molar-refractivity contribution is 5.96. The Labute approximate surface area is 133 Å². The molecule has 0 radical (unpaired) electrons. The zero-order valence-corrected chi connectivity index (χ0v) is 12.6. The lowest BCUT2D eigenvalue weighted by Crippen LogP contribution is -2.25. The van der Waals surface area contributed by atoms with Crippen LogP contribution >= 0.6 is 0 Å². The van der Waals surface area contributed by atoms with Gasteiger partial charge in [0, 0.05) is 18.2 Å². The molecule has 1 aliphatic rings. The number of ether oxygens (including phenoxy) is 1. The van der Waals surface area contributed by atoms with Gasteiger partial charge in [0.05, 0.1) is 23.4 Å². The Morgan fingerprint density at radius 2 is 1.96 bits per heavy atom. The maximum Gasteiger partial charge on any atom is 0.262 e. The number of benzene rings is 2. The number of aryl methyl sites for hydroxylation is 1. The number of anilines is 1. The van der Waals surface area contributed by atoms with Gasteiger partial charge in [-0.15, -0.1) is 0 Å². The maximum atomic E-state index is 11.4. The van der Waals surface area contributed by atoms with Crippen LogP contribution in [0.2, 0.25) is 0 Å². The Bertz CT molecular complexity index is 885. The number of hydrogen-bond donors (Lipinski definition) is 1. The van der Waals surface area contributed by atoms with Gasteiger partial charge in [0.2, 0.25) is 0 Å². The van der Waals surface area contributed by atoms with Gasteiger partial charge in [-0.3, -0.25) is 4.79 Å². The quantitative estimate of drug-likeness (QED) is 0.791. The molecule has 0 aliphatic carbocycles. The molecule has 0 fully saturated rings. The molecule has 0 spiro atoms. The van der Waals surface area contributed by atoms with E-state index < -0.39 is 0 Å². The molecule has 0 unspecified atom stereocenters. The molecule has 5 nitrogen and oxygen atoms in total. The molecule has 5 heteroatoms. The van der Waals surface area contributed by atoms with Crippen molar-refractivity contribution in [2.24, 2.45) is 7.05 Å². The van der Waals surface area contributed by atoms with E-state index in [0.717, 1.165) is 22.5 Å². The van der Waals surface area contributed by atoms with E-state index in [1.54, 1.807) is 6.33 Å². The van der Waals surface area contributed by atoms with Crippen LogP contribution in [-0.4, -0.2) is 22.1 Å². The van der Waals surface area contributed by atoms with E-state index in [1.807, 2.05) is 60.1 Å². The third-order valence-corrected chi connectivity index (χ3v) is 3.87. The SMILES string of the molecule is Cn1cnc(-c2ccccc2)c1-c1ccc2c(c1)OCC(=O)N2. The predicted octanol–water partition coefficient (Wildman–Crippen LogP) is 3.09. The minimum absolute atomic E-state index is 0.0490. The highest BCUT2D eigenvalue weighted by atomic mass is 16.5. The third-order valence-electron chi connectivity index (χ3n) is 3.87. The minimum Gasteiger partial charge on any atom is -0.482 e. The zero-order valence-electron chi connectivity index (χ0n) is 12.6. The molecule has 1 aromatic heterocycles. The van der Waals surface area contributed by atoms with Crippen LogP contribution in [0.5, 0.6) is 5.75 Å². The second-order valence-electron chi connectivity index (χ2n) is 5.47. The van der Waals surface area contributed by atoms with Gasteiger partial charge < -0.3 is 14.6 Å². The first-order valence-electron chi connectivity index (χ1n) is 7.36. The van der Waals surface area contributed by atoms with Crippen molar-refractivity contribution < 1.29 is 9.53 Å². The number of nitrogens with one attached hydrogen (secondary N) is 1. The summed E-state index contributed by atoms with van der Waals surface area (Å²) in [6.45, 7) is 0.0490. The number of amides is 1. The van der Waals surface area contributed by atoms with Crippen molar-refractivity contribution in [3.05, 3.63) is 54.9 Å². The first-order chi connectivity index (χ1) is 11.2. The summed E-state index contributed by atoms with van der Waals surface area (Å²) in [4.78, 5) is 15.9. The number of aromatic nitrogens is 2. The fourth-order valence-electron chi connectivity index (χ4n) is 2.80. The smallest absolute Gasteiger partial charge is 0.262 e. The maximum absolute atomic E-state index is 11.4. The topological polar surface area (TPSA) is 56.2 Å². The molecule has 23 heavy (non-hydrogen) atoms. The number of nitrogens with zero attached hydrogens (tertiary/aromatic N) is 2. The normalized spacial score (nSPS) is 13.2. The number of carbonyl (C=O) groups excluding carboxylic acids is 1. The summed E-state index contributed by atoms with van der Waals surface area (Å²) in [7, 11) is 1.97. The van der Waals surface area contributed by atoms with Crippen LogP contribution in [0.4, 0.5) is 5.69 Å². The fourth-order valence-corrected chi connectivity index (χ4v) is 2.80. The monoisotopic (exact) mass is 305 g/mol. The van der Waals surface area contributed by atoms with Crippen molar-refractivity contribution in [1.29, 1.82) is 0 Å². The van der Waals surface area contributed by atoms with Crippen molar-refractivity contribution in [3.63, 3.8) is 0 Å².